The molecular formula is C22H33N3O3. The van der Waals surface area contributed by atoms with Crippen LogP contribution in [-0.4, -0.2) is 52.8 Å². The number of aromatic carboxylic acids is 1. The predicted molar refractivity (Wildman–Crippen MR) is 109 cm³/mol. The van der Waals surface area contributed by atoms with Gasteiger partial charge in [0.15, 0.2) is 0 Å². The molecule has 2 heterocycles. The van der Waals surface area contributed by atoms with Gasteiger partial charge in [0.2, 0.25) is 0 Å². The van der Waals surface area contributed by atoms with Crippen molar-refractivity contribution < 1.29 is 14.6 Å². The van der Waals surface area contributed by atoms with Gasteiger partial charge in [-0.1, -0.05) is 19.3 Å². The SMILES string of the molecule is C/C(=C\NC(C)c1cc(C(=O)O)ccn1)CN1CCC(OC2CCCCC2)C1. The molecule has 3 rings (SSSR count). The van der Waals surface area contributed by atoms with Crippen LogP contribution >= 0.6 is 0 Å². The number of pyridine rings is 1. The fraction of sp³-hybridized carbons (Fsp3) is 0.636. The fourth-order valence-corrected chi connectivity index (χ4v) is 4.09. The average molecular weight is 388 g/mol. The van der Waals surface area contributed by atoms with Crippen LogP contribution in [0, 0.1) is 0 Å². The van der Waals surface area contributed by atoms with E-state index >= 15 is 0 Å². The van der Waals surface area contributed by atoms with Crippen molar-refractivity contribution in [3.05, 3.63) is 41.4 Å². The second-order valence-electron chi connectivity index (χ2n) is 8.20. The Labute approximate surface area is 168 Å². The third-order valence-corrected chi connectivity index (χ3v) is 5.69. The van der Waals surface area contributed by atoms with E-state index in [0.717, 1.165) is 31.7 Å². The Bertz CT molecular complexity index is 685. The average Bonchev–Trinajstić information content (AvgIpc) is 3.13. The first kappa shape index (κ1) is 20.8. The molecule has 2 aliphatic rings. The number of nitrogens with one attached hydrogen (secondary N) is 1. The topological polar surface area (TPSA) is 74.7 Å². The number of ether oxygens (including phenoxy) is 1. The Morgan fingerprint density at radius 3 is 2.89 bits per heavy atom. The summed E-state index contributed by atoms with van der Waals surface area (Å²) in [5, 5.41) is 12.5. The summed E-state index contributed by atoms with van der Waals surface area (Å²) < 4.78 is 6.32. The summed E-state index contributed by atoms with van der Waals surface area (Å²) in [4.78, 5) is 17.9. The zero-order chi connectivity index (χ0) is 19.9. The highest BCUT2D eigenvalue weighted by Gasteiger charge is 2.26. The molecule has 1 aromatic rings. The first-order chi connectivity index (χ1) is 13.5. The third kappa shape index (κ3) is 6.04. The summed E-state index contributed by atoms with van der Waals surface area (Å²) in [5.74, 6) is -0.929. The highest BCUT2D eigenvalue weighted by molar-refractivity contribution is 5.87. The fourth-order valence-electron chi connectivity index (χ4n) is 4.09. The van der Waals surface area contributed by atoms with Crippen LogP contribution in [0.2, 0.25) is 0 Å². The van der Waals surface area contributed by atoms with Crippen molar-refractivity contribution in [1.82, 2.24) is 15.2 Å². The number of carboxylic acid groups (broad SMARTS) is 1. The summed E-state index contributed by atoms with van der Waals surface area (Å²) in [6.07, 6.45) is 12.0. The molecule has 2 N–H and O–H groups in total. The smallest absolute Gasteiger partial charge is 0.335 e. The zero-order valence-corrected chi connectivity index (χ0v) is 17.1. The summed E-state index contributed by atoms with van der Waals surface area (Å²) in [6, 6.07) is 3.09. The maximum Gasteiger partial charge on any atom is 0.335 e. The molecule has 0 spiro atoms. The lowest BCUT2D eigenvalue weighted by molar-refractivity contribution is -0.0238. The van der Waals surface area contributed by atoms with Crippen molar-refractivity contribution >= 4 is 5.97 Å². The van der Waals surface area contributed by atoms with E-state index in [-0.39, 0.29) is 11.6 Å². The predicted octanol–water partition coefficient (Wildman–Crippen LogP) is 3.76. The lowest BCUT2D eigenvalue weighted by Crippen LogP contribution is -2.29. The molecular weight excluding hydrogens is 354 g/mol. The standard InChI is InChI=1S/C22H33N3O3/c1-16(13-24-17(2)21-12-18(22(26)27)8-10-23-21)14-25-11-9-20(15-25)28-19-6-4-3-5-7-19/h8,10,12-13,17,19-20,24H,3-7,9,11,14-15H2,1-2H3,(H,26,27)/b16-13+. The largest absolute Gasteiger partial charge is 0.478 e. The van der Waals surface area contributed by atoms with Gasteiger partial charge in [-0.15, -0.1) is 0 Å². The highest BCUT2D eigenvalue weighted by atomic mass is 16.5. The highest BCUT2D eigenvalue weighted by Crippen LogP contribution is 2.24. The van der Waals surface area contributed by atoms with E-state index in [1.165, 1.54) is 43.7 Å². The molecule has 2 fully saturated rings. The molecule has 154 valence electrons. The molecule has 0 bridgehead atoms. The second-order valence-corrected chi connectivity index (χ2v) is 8.20. The molecule has 1 saturated carbocycles. The van der Waals surface area contributed by atoms with Crippen LogP contribution < -0.4 is 5.32 Å². The van der Waals surface area contributed by atoms with E-state index in [1.807, 2.05) is 13.1 Å². The van der Waals surface area contributed by atoms with Crippen LogP contribution in [0.3, 0.4) is 0 Å². The summed E-state index contributed by atoms with van der Waals surface area (Å²) in [6.45, 7) is 7.13. The summed E-state index contributed by atoms with van der Waals surface area (Å²) in [7, 11) is 0. The molecule has 28 heavy (non-hydrogen) atoms. The van der Waals surface area contributed by atoms with E-state index < -0.39 is 5.97 Å². The molecule has 0 radical (unpaired) electrons. The molecule has 1 saturated heterocycles. The van der Waals surface area contributed by atoms with E-state index in [0.29, 0.717) is 12.2 Å². The minimum Gasteiger partial charge on any atom is -0.478 e. The molecule has 6 nitrogen and oxygen atoms in total. The lowest BCUT2D eigenvalue weighted by atomic mass is 9.97. The van der Waals surface area contributed by atoms with Crippen molar-refractivity contribution in [1.29, 1.82) is 0 Å². The monoisotopic (exact) mass is 387 g/mol. The van der Waals surface area contributed by atoms with Crippen molar-refractivity contribution in [3.63, 3.8) is 0 Å². The maximum absolute atomic E-state index is 11.1. The van der Waals surface area contributed by atoms with Gasteiger partial charge in [0, 0.05) is 25.8 Å². The lowest BCUT2D eigenvalue weighted by Gasteiger charge is -2.25. The van der Waals surface area contributed by atoms with E-state index in [4.69, 9.17) is 9.84 Å². The molecule has 2 atom stereocenters. The van der Waals surface area contributed by atoms with Gasteiger partial charge < -0.3 is 15.2 Å². The second kappa shape index (κ2) is 10.0. The van der Waals surface area contributed by atoms with Crippen LogP contribution in [0.25, 0.3) is 0 Å². The van der Waals surface area contributed by atoms with Gasteiger partial charge in [-0.3, -0.25) is 9.88 Å². The van der Waals surface area contributed by atoms with E-state index in [1.54, 1.807) is 12.3 Å². The number of hydrogen-bond donors (Lipinski definition) is 2. The maximum atomic E-state index is 11.1. The van der Waals surface area contributed by atoms with E-state index in [2.05, 4.69) is 22.1 Å². The molecule has 0 aromatic carbocycles. The Balaban J connectivity index is 1.44. The van der Waals surface area contributed by atoms with Gasteiger partial charge in [-0.2, -0.15) is 0 Å². The van der Waals surface area contributed by atoms with Gasteiger partial charge in [-0.05, 0) is 57.0 Å². The number of hydrogen-bond acceptors (Lipinski definition) is 5. The van der Waals surface area contributed by atoms with Crippen molar-refractivity contribution in [2.45, 2.75) is 70.6 Å². The van der Waals surface area contributed by atoms with Crippen LogP contribution in [0.4, 0.5) is 0 Å². The number of nitrogens with zero attached hydrogens (tertiary/aromatic N) is 2. The molecule has 1 aromatic heterocycles. The van der Waals surface area contributed by atoms with Crippen molar-refractivity contribution in [2.24, 2.45) is 0 Å². The van der Waals surface area contributed by atoms with E-state index in [9.17, 15) is 4.79 Å². The number of likely N-dealkylation sites (tertiary alicyclic amines) is 1. The Morgan fingerprint density at radius 1 is 1.36 bits per heavy atom. The molecule has 1 aliphatic heterocycles. The minimum atomic E-state index is -0.929. The number of carboxylic acids is 1. The van der Waals surface area contributed by atoms with Crippen molar-refractivity contribution in [3.8, 4) is 0 Å². The van der Waals surface area contributed by atoms with Crippen molar-refractivity contribution in [2.75, 3.05) is 19.6 Å². The minimum absolute atomic E-state index is 0.0461. The number of carbonyl (C=O) groups is 1. The first-order valence-corrected chi connectivity index (χ1v) is 10.5. The van der Waals surface area contributed by atoms with Gasteiger partial charge >= 0.3 is 5.97 Å². The first-order valence-electron chi connectivity index (χ1n) is 10.5. The Hall–Kier alpha value is -1.92. The molecule has 0 amide bonds. The normalized spacial score (nSPS) is 22.9. The quantitative estimate of drug-likeness (QED) is 0.707. The van der Waals surface area contributed by atoms with Gasteiger partial charge in [0.25, 0.3) is 0 Å². The Morgan fingerprint density at radius 2 is 2.14 bits per heavy atom. The number of aromatic nitrogens is 1. The van der Waals surface area contributed by atoms with Crippen LogP contribution in [-0.2, 0) is 4.74 Å². The van der Waals surface area contributed by atoms with Gasteiger partial charge in [0.05, 0.1) is 29.5 Å². The summed E-state index contributed by atoms with van der Waals surface area (Å²) >= 11 is 0. The molecule has 2 unspecified atom stereocenters. The van der Waals surface area contributed by atoms with Crippen LogP contribution in [0.5, 0.6) is 0 Å². The summed E-state index contributed by atoms with van der Waals surface area (Å²) in [5.41, 5.74) is 2.24. The zero-order valence-electron chi connectivity index (χ0n) is 17.1. The molecule has 6 heteroatoms. The van der Waals surface area contributed by atoms with Gasteiger partial charge in [-0.25, -0.2) is 4.79 Å². The van der Waals surface area contributed by atoms with Crippen LogP contribution in [0.1, 0.15) is 74.5 Å². The van der Waals surface area contributed by atoms with Gasteiger partial charge in [0.1, 0.15) is 0 Å². The molecule has 1 aliphatic carbocycles. The third-order valence-electron chi connectivity index (χ3n) is 5.69. The number of rotatable bonds is 8. The Kier molecular flexibility index (Phi) is 7.45. The van der Waals surface area contributed by atoms with Crippen LogP contribution in [0.15, 0.2) is 30.1 Å².